The van der Waals surface area contributed by atoms with Crippen LogP contribution in [0.5, 0.6) is 0 Å². The maximum atomic E-state index is 2.64. The van der Waals surface area contributed by atoms with E-state index in [0.717, 1.165) is 11.8 Å². The lowest BCUT2D eigenvalue weighted by atomic mass is 9.56. The summed E-state index contributed by atoms with van der Waals surface area (Å²) in [5.41, 5.74) is 9.09. The Hall–Kier alpha value is -1.04. The summed E-state index contributed by atoms with van der Waals surface area (Å²) in [5, 5.41) is 0. The van der Waals surface area contributed by atoms with Gasteiger partial charge in [0.1, 0.15) is 0 Å². The lowest BCUT2D eigenvalue weighted by Crippen LogP contribution is -2.39. The van der Waals surface area contributed by atoms with Gasteiger partial charge in [-0.2, -0.15) is 0 Å². The summed E-state index contributed by atoms with van der Waals surface area (Å²) in [7, 11) is 0. The second kappa shape index (κ2) is 8.60. The second-order valence-electron chi connectivity index (χ2n) is 11.8. The minimum atomic E-state index is 0.277. The second-order valence-corrected chi connectivity index (χ2v) is 11.8. The van der Waals surface area contributed by atoms with Crippen molar-refractivity contribution >= 4 is 0 Å². The van der Waals surface area contributed by atoms with Gasteiger partial charge in [-0.25, -0.2) is 0 Å². The van der Waals surface area contributed by atoms with Crippen LogP contribution in [0, 0.1) is 17.3 Å². The van der Waals surface area contributed by atoms with E-state index in [4.69, 9.17) is 0 Å². The number of allylic oxidation sites excluding steroid dienone is 2. The number of hydrogen-bond acceptors (Lipinski definition) is 0. The molecule has 0 nitrogen and oxygen atoms in total. The van der Waals surface area contributed by atoms with Crippen molar-refractivity contribution in [3.63, 3.8) is 0 Å². The third-order valence-electron chi connectivity index (χ3n) is 8.02. The third kappa shape index (κ3) is 4.67. The Kier molecular flexibility index (Phi) is 6.72. The molecule has 2 unspecified atom stereocenters. The molecule has 1 aromatic rings. The maximum Gasteiger partial charge on any atom is -0.00828 e. The van der Waals surface area contributed by atoms with Crippen molar-refractivity contribution in [1.29, 1.82) is 0 Å². The van der Waals surface area contributed by atoms with Gasteiger partial charge in [0.2, 0.25) is 0 Å². The van der Waals surface area contributed by atoms with Gasteiger partial charge >= 0.3 is 0 Å². The first-order valence-corrected chi connectivity index (χ1v) is 12.4. The quantitative estimate of drug-likeness (QED) is 0.405. The Labute approximate surface area is 181 Å². The summed E-state index contributed by atoms with van der Waals surface area (Å²) in [4.78, 5) is 0. The molecule has 3 rings (SSSR count). The fourth-order valence-electron chi connectivity index (χ4n) is 6.21. The Morgan fingerprint density at radius 1 is 1.14 bits per heavy atom. The van der Waals surface area contributed by atoms with Crippen LogP contribution in [-0.2, 0) is 18.3 Å². The number of rotatable bonds is 7. The van der Waals surface area contributed by atoms with Crippen molar-refractivity contribution in [2.24, 2.45) is 17.3 Å². The van der Waals surface area contributed by atoms with Gasteiger partial charge in [0.05, 0.1) is 0 Å². The van der Waals surface area contributed by atoms with Gasteiger partial charge in [-0.15, -0.1) is 0 Å². The van der Waals surface area contributed by atoms with Crippen LogP contribution in [0.15, 0.2) is 23.8 Å². The highest BCUT2D eigenvalue weighted by Crippen LogP contribution is 2.55. The smallest absolute Gasteiger partial charge is 0.00828 e. The van der Waals surface area contributed by atoms with E-state index in [1.165, 1.54) is 51.4 Å². The molecule has 1 aromatic carbocycles. The molecule has 29 heavy (non-hydrogen) atoms. The van der Waals surface area contributed by atoms with Gasteiger partial charge in [0, 0.05) is 0 Å². The molecule has 0 heteroatoms. The first kappa shape index (κ1) is 22.6. The predicted molar refractivity (Wildman–Crippen MR) is 129 cm³/mol. The van der Waals surface area contributed by atoms with Gasteiger partial charge in [0.15, 0.2) is 0 Å². The maximum absolute atomic E-state index is 2.64. The van der Waals surface area contributed by atoms with Crippen LogP contribution in [-0.4, -0.2) is 0 Å². The van der Waals surface area contributed by atoms with Crippen LogP contribution in [0.3, 0.4) is 0 Å². The Morgan fingerprint density at radius 2 is 1.86 bits per heavy atom. The molecule has 0 saturated heterocycles. The molecule has 2 aliphatic carbocycles. The molecule has 0 radical (unpaired) electrons. The van der Waals surface area contributed by atoms with Crippen molar-refractivity contribution in [1.82, 2.24) is 0 Å². The molecule has 162 valence electrons. The lowest BCUT2D eigenvalue weighted by Gasteiger charge is -2.48. The minimum Gasteiger partial charge on any atom is -0.0850 e. The summed E-state index contributed by atoms with van der Waals surface area (Å²) in [5.74, 6) is 2.25. The molecule has 0 fully saturated rings. The van der Waals surface area contributed by atoms with E-state index in [9.17, 15) is 0 Å². The highest BCUT2D eigenvalue weighted by molar-refractivity contribution is 5.48. The summed E-state index contributed by atoms with van der Waals surface area (Å²) in [6.07, 6.45) is 12.8. The van der Waals surface area contributed by atoms with E-state index in [1.807, 2.05) is 0 Å². The molecule has 0 amide bonds. The molecule has 0 heterocycles. The predicted octanol–water partition coefficient (Wildman–Crippen LogP) is 8.77. The first-order chi connectivity index (χ1) is 13.6. The molecule has 2 aliphatic rings. The van der Waals surface area contributed by atoms with Crippen molar-refractivity contribution in [3.05, 3.63) is 46.0 Å². The highest BCUT2D eigenvalue weighted by atomic mass is 14.5. The van der Waals surface area contributed by atoms with E-state index in [2.05, 4.69) is 73.6 Å². The van der Waals surface area contributed by atoms with Crippen molar-refractivity contribution < 1.29 is 0 Å². The van der Waals surface area contributed by atoms with Crippen LogP contribution < -0.4 is 0 Å². The van der Waals surface area contributed by atoms with Gasteiger partial charge in [0.25, 0.3) is 0 Å². The lowest BCUT2D eigenvalue weighted by molar-refractivity contribution is 0.150. The SMILES string of the molecule is CCCCC(C)(C)c1cc(CC(C)C)c2c(c1)CC(C)(C)C1CC=C(CC)CC21. The van der Waals surface area contributed by atoms with Gasteiger partial charge in [-0.05, 0) is 89.4 Å². The van der Waals surface area contributed by atoms with Crippen LogP contribution in [0.2, 0.25) is 0 Å². The number of benzene rings is 1. The Balaban J connectivity index is 2.13. The van der Waals surface area contributed by atoms with Crippen LogP contribution in [0.4, 0.5) is 0 Å². The number of fused-ring (bicyclic) bond motifs is 3. The zero-order valence-corrected chi connectivity index (χ0v) is 20.6. The fraction of sp³-hybridized carbons (Fsp3) is 0.724. The molecular formula is C29H46. The van der Waals surface area contributed by atoms with Crippen molar-refractivity contribution in [2.75, 3.05) is 0 Å². The minimum absolute atomic E-state index is 0.277. The fourth-order valence-corrected chi connectivity index (χ4v) is 6.21. The van der Waals surface area contributed by atoms with E-state index < -0.39 is 0 Å². The normalized spacial score (nSPS) is 23.6. The van der Waals surface area contributed by atoms with Gasteiger partial charge in [-0.3, -0.25) is 0 Å². The topological polar surface area (TPSA) is 0 Å². The monoisotopic (exact) mass is 394 g/mol. The molecule has 2 atom stereocenters. The van der Waals surface area contributed by atoms with E-state index in [1.54, 1.807) is 27.8 Å². The molecular weight excluding hydrogens is 348 g/mol. The first-order valence-electron chi connectivity index (χ1n) is 12.4. The van der Waals surface area contributed by atoms with Crippen molar-refractivity contribution in [3.8, 4) is 0 Å². The van der Waals surface area contributed by atoms with Crippen molar-refractivity contribution in [2.45, 2.75) is 118 Å². The zero-order chi connectivity index (χ0) is 21.4. The number of hydrogen-bond donors (Lipinski definition) is 0. The standard InChI is InChI=1S/C29H46/c1-9-11-14-28(5,6)24-17-22(15-20(3)4)27-23(18-24)19-29(7,8)26-13-12-21(10-2)16-25(26)27/h12,17-18,20,25-26H,9-11,13-16,19H2,1-8H3. The van der Waals surface area contributed by atoms with E-state index in [-0.39, 0.29) is 5.41 Å². The third-order valence-corrected chi connectivity index (χ3v) is 8.02. The zero-order valence-electron chi connectivity index (χ0n) is 20.6. The van der Waals surface area contributed by atoms with E-state index in [0.29, 0.717) is 11.3 Å². The van der Waals surface area contributed by atoms with Gasteiger partial charge < -0.3 is 0 Å². The highest BCUT2D eigenvalue weighted by Gasteiger charge is 2.44. The molecule has 0 N–H and O–H groups in total. The largest absolute Gasteiger partial charge is 0.0850 e. The summed E-state index contributed by atoms with van der Waals surface area (Å²) < 4.78 is 0. The average Bonchev–Trinajstić information content (AvgIpc) is 2.64. The average molecular weight is 395 g/mol. The van der Waals surface area contributed by atoms with Crippen LogP contribution in [0.1, 0.15) is 122 Å². The Bertz CT molecular complexity index is 726. The summed E-state index contributed by atoms with van der Waals surface area (Å²) in [6.45, 7) is 19.5. The molecule has 0 aromatic heterocycles. The Morgan fingerprint density at radius 3 is 2.48 bits per heavy atom. The molecule has 0 aliphatic heterocycles. The summed E-state index contributed by atoms with van der Waals surface area (Å²) >= 11 is 0. The molecule has 0 saturated carbocycles. The van der Waals surface area contributed by atoms with E-state index >= 15 is 0 Å². The molecule has 0 spiro atoms. The summed E-state index contributed by atoms with van der Waals surface area (Å²) in [6, 6.07) is 5.27. The molecule has 0 bridgehead atoms. The number of unbranched alkanes of at least 4 members (excludes halogenated alkanes) is 1. The van der Waals surface area contributed by atoms with Gasteiger partial charge in [-0.1, -0.05) is 92.0 Å². The van der Waals surface area contributed by atoms with Crippen LogP contribution in [0.25, 0.3) is 0 Å². The van der Waals surface area contributed by atoms with Crippen LogP contribution >= 0.6 is 0 Å².